The van der Waals surface area contributed by atoms with Crippen LogP contribution < -0.4 is 5.32 Å². The molecule has 0 spiro atoms. The number of halogens is 1. The lowest BCUT2D eigenvalue weighted by Crippen LogP contribution is -2.14. The van der Waals surface area contributed by atoms with Gasteiger partial charge in [-0.05, 0) is 43.7 Å². The molecule has 0 aliphatic rings. The Labute approximate surface area is 116 Å². The summed E-state index contributed by atoms with van der Waals surface area (Å²) in [4.78, 5) is 2.50. The molecule has 0 saturated heterocycles. The maximum Gasteiger partial charge on any atom is 0.0755 e. The van der Waals surface area contributed by atoms with Gasteiger partial charge in [0.15, 0.2) is 0 Å². The summed E-state index contributed by atoms with van der Waals surface area (Å²) in [5, 5.41) is 13.6. The topological polar surface area (TPSA) is 32.3 Å². The second-order valence-corrected chi connectivity index (χ2v) is 6.16. The van der Waals surface area contributed by atoms with E-state index in [1.54, 1.807) is 11.3 Å². The van der Waals surface area contributed by atoms with Crippen LogP contribution >= 0.6 is 22.9 Å². The third kappa shape index (κ3) is 3.05. The first-order chi connectivity index (χ1) is 8.60. The van der Waals surface area contributed by atoms with Crippen LogP contribution in [0, 0.1) is 13.8 Å². The number of nitrogens with one attached hydrogen (secondary N) is 1. The van der Waals surface area contributed by atoms with Crippen molar-refractivity contribution >= 4 is 28.6 Å². The van der Waals surface area contributed by atoms with Gasteiger partial charge in [0.2, 0.25) is 0 Å². The molecule has 1 atom stereocenters. The Bertz CT molecular complexity index is 538. The molecule has 2 aromatic rings. The van der Waals surface area contributed by atoms with E-state index in [9.17, 15) is 5.11 Å². The van der Waals surface area contributed by atoms with Crippen LogP contribution in [0.15, 0.2) is 30.3 Å². The van der Waals surface area contributed by atoms with E-state index < -0.39 is 0 Å². The molecule has 0 saturated carbocycles. The molecule has 96 valence electrons. The summed E-state index contributed by atoms with van der Waals surface area (Å²) >= 11 is 7.70. The Morgan fingerprint density at radius 3 is 2.67 bits per heavy atom. The summed E-state index contributed by atoms with van der Waals surface area (Å²) in [6.45, 7) is 4.22. The average Bonchev–Trinajstić information content (AvgIpc) is 2.65. The van der Waals surface area contributed by atoms with Gasteiger partial charge >= 0.3 is 0 Å². The van der Waals surface area contributed by atoms with E-state index in [2.05, 4.69) is 25.2 Å². The number of hydrogen-bond acceptors (Lipinski definition) is 3. The summed E-state index contributed by atoms with van der Waals surface area (Å²) in [5.74, 6) is 0. The number of rotatable bonds is 4. The fraction of sp³-hybridized carbons (Fsp3) is 0.286. The third-order valence-electron chi connectivity index (χ3n) is 2.80. The van der Waals surface area contributed by atoms with Crippen molar-refractivity contribution < 1.29 is 5.11 Å². The first-order valence-corrected chi connectivity index (χ1v) is 6.99. The van der Waals surface area contributed by atoms with Crippen molar-refractivity contribution in [3.63, 3.8) is 0 Å². The van der Waals surface area contributed by atoms with Crippen LogP contribution in [0.5, 0.6) is 0 Å². The van der Waals surface area contributed by atoms with Crippen molar-refractivity contribution in [2.24, 2.45) is 0 Å². The van der Waals surface area contributed by atoms with Crippen molar-refractivity contribution in [3.05, 3.63) is 50.7 Å². The molecule has 0 aliphatic carbocycles. The van der Waals surface area contributed by atoms with Crippen molar-refractivity contribution in [2.45, 2.75) is 19.9 Å². The smallest absolute Gasteiger partial charge is 0.0755 e. The Morgan fingerprint density at radius 2 is 2.11 bits per heavy atom. The van der Waals surface area contributed by atoms with Gasteiger partial charge in [0.05, 0.1) is 12.6 Å². The fourth-order valence-electron chi connectivity index (χ4n) is 2.00. The molecule has 1 aromatic heterocycles. The predicted octanol–water partition coefficient (Wildman–Crippen LogP) is 4.16. The lowest BCUT2D eigenvalue weighted by Gasteiger charge is -2.18. The van der Waals surface area contributed by atoms with E-state index in [-0.39, 0.29) is 12.6 Å². The quantitative estimate of drug-likeness (QED) is 0.882. The average molecular weight is 282 g/mol. The summed E-state index contributed by atoms with van der Waals surface area (Å²) < 4.78 is 0. The lowest BCUT2D eigenvalue weighted by atomic mass is 10.1. The zero-order valence-corrected chi connectivity index (χ0v) is 12.0. The zero-order valence-electron chi connectivity index (χ0n) is 10.4. The van der Waals surface area contributed by atoms with Crippen molar-refractivity contribution in [1.29, 1.82) is 0 Å². The molecule has 0 amide bonds. The van der Waals surface area contributed by atoms with E-state index in [0.717, 1.165) is 11.3 Å². The van der Waals surface area contributed by atoms with Gasteiger partial charge < -0.3 is 10.4 Å². The molecule has 0 fully saturated rings. The molecular weight excluding hydrogens is 266 g/mol. The minimum atomic E-state index is -0.0894. The second kappa shape index (κ2) is 5.74. The molecule has 0 bridgehead atoms. The number of aliphatic hydroxyl groups is 1. The molecular formula is C14H16ClNOS. The summed E-state index contributed by atoms with van der Waals surface area (Å²) in [6, 6.07) is 9.57. The van der Waals surface area contributed by atoms with Crippen LogP contribution in [0.4, 0.5) is 5.69 Å². The molecule has 4 heteroatoms. The minimum Gasteiger partial charge on any atom is -0.394 e. The van der Waals surface area contributed by atoms with Gasteiger partial charge in [-0.15, -0.1) is 11.3 Å². The second-order valence-electron chi connectivity index (χ2n) is 4.26. The van der Waals surface area contributed by atoms with E-state index in [1.165, 1.54) is 9.75 Å². The molecule has 1 heterocycles. The molecule has 2 N–H and O–H groups in total. The third-order valence-corrected chi connectivity index (χ3v) is 4.02. The maximum atomic E-state index is 9.55. The monoisotopic (exact) mass is 281 g/mol. The van der Waals surface area contributed by atoms with Crippen LogP contribution in [0.1, 0.15) is 21.4 Å². The summed E-state index contributed by atoms with van der Waals surface area (Å²) in [5.41, 5.74) is 2.07. The highest BCUT2D eigenvalue weighted by atomic mass is 35.5. The summed E-state index contributed by atoms with van der Waals surface area (Å²) in [7, 11) is 0. The Hall–Kier alpha value is -1.03. The van der Waals surface area contributed by atoms with Gasteiger partial charge in [0.1, 0.15) is 0 Å². The van der Waals surface area contributed by atoms with Gasteiger partial charge in [0, 0.05) is 20.5 Å². The Kier molecular flexibility index (Phi) is 4.27. The predicted molar refractivity (Wildman–Crippen MR) is 78.7 cm³/mol. The molecule has 1 aromatic carbocycles. The van der Waals surface area contributed by atoms with E-state index in [1.807, 2.05) is 24.3 Å². The first kappa shape index (κ1) is 13.4. The molecule has 2 nitrogen and oxygen atoms in total. The van der Waals surface area contributed by atoms with Crippen LogP contribution in [-0.2, 0) is 0 Å². The van der Waals surface area contributed by atoms with Crippen LogP contribution in [0.25, 0.3) is 0 Å². The number of aliphatic hydroxyl groups excluding tert-OH is 1. The summed E-state index contributed by atoms with van der Waals surface area (Å²) in [6.07, 6.45) is 0. The standard InChI is InChI=1S/C14H16ClNOS/c1-9-6-13(10(2)18-9)14(8-17)16-12-5-3-4-11(15)7-12/h3-7,14,16-17H,8H2,1-2H3. The molecule has 0 radical (unpaired) electrons. The molecule has 1 unspecified atom stereocenters. The largest absolute Gasteiger partial charge is 0.394 e. The van der Waals surface area contributed by atoms with Gasteiger partial charge in [-0.3, -0.25) is 0 Å². The number of thiophene rings is 1. The van der Waals surface area contributed by atoms with Crippen molar-refractivity contribution in [1.82, 2.24) is 0 Å². The highest BCUT2D eigenvalue weighted by Gasteiger charge is 2.15. The van der Waals surface area contributed by atoms with Crippen molar-refractivity contribution in [2.75, 3.05) is 11.9 Å². The maximum absolute atomic E-state index is 9.55. The minimum absolute atomic E-state index is 0.0591. The molecule has 0 aliphatic heterocycles. The normalized spacial score (nSPS) is 12.4. The van der Waals surface area contributed by atoms with E-state index in [4.69, 9.17) is 11.6 Å². The Balaban J connectivity index is 2.22. The lowest BCUT2D eigenvalue weighted by molar-refractivity contribution is 0.276. The molecule has 18 heavy (non-hydrogen) atoms. The van der Waals surface area contributed by atoms with Crippen molar-refractivity contribution in [3.8, 4) is 0 Å². The van der Waals surface area contributed by atoms with E-state index in [0.29, 0.717) is 5.02 Å². The van der Waals surface area contributed by atoms with E-state index >= 15 is 0 Å². The van der Waals surface area contributed by atoms with Crippen LogP contribution in [0.2, 0.25) is 5.02 Å². The first-order valence-electron chi connectivity index (χ1n) is 5.80. The number of hydrogen-bond donors (Lipinski definition) is 2. The fourth-order valence-corrected chi connectivity index (χ4v) is 3.18. The highest BCUT2D eigenvalue weighted by molar-refractivity contribution is 7.12. The Morgan fingerprint density at radius 1 is 1.33 bits per heavy atom. The number of aryl methyl sites for hydroxylation is 2. The van der Waals surface area contributed by atoms with Gasteiger partial charge in [0.25, 0.3) is 0 Å². The zero-order chi connectivity index (χ0) is 13.1. The van der Waals surface area contributed by atoms with Gasteiger partial charge in [-0.2, -0.15) is 0 Å². The van der Waals surface area contributed by atoms with Gasteiger partial charge in [-0.1, -0.05) is 17.7 Å². The number of benzene rings is 1. The van der Waals surface area contributed by atoms with Crippen LogP contribution in [0.3, 0.4) is 0 Å². The number of anilines is 1. The van der Waals surface area contributed by atoms with Crippen LogP contribution in [-0.4, -0.2) is 11.7 Å². The molecule has 2 rings (SSSR count). The SMILES string of the molecule is Cc1cc(C(CO)Nc2cccc(Cl)c2)c(C)s1. The highest BCUT2D eigenvalue weighted by Crippen LogP contribution is 2.29. The van der Waals surface area contributed by atoms with Gasteiger partial charge in [-0.25, -0.2) is 0 Å².